The van der Waals surface area contributed by atoms with Crippen LogP contribution in [0.2, 0.25) is 0 Å². The molecule has 1 N–H and O–H groups in total. The number of amides is 1. The Morgan fingerprint density at radius 1 is 1.50 bits per heavy atom. The Balaban J connectivity index is 2.56. The molecule has 0 aromatic heterocycles. The van der Waals surface area contributed by atoms with Crippen LogP contribution in [0, 0.1) is 6.92 Å². The molecule has 0 heterocycles. The molecule has 0 atom stereocenters. The molecule has 3 nitrogen and oxygen atoms in total. The second-order valence-electron chi connectivity index (χ2n) is 2.85. The van der Waals surface area contributed by atoms with E-state index in [4.69, 9.17) is 4.74 Å². The lowest BCUT2D eigenvalue weighted by Crippen LogP contribution is -2.21. The van der Waals surface area contributed by atoms with Crippen LogP contribution < -0.4 is 10.1 Å². The van der Waals surface area contributed by atoms with Crippen LogP contribution in [0.1, 0.15) is 12.5 Å². The van der Waals surface area contributed by atoms with Crippen molar-refractivity contribution in [2.75, 3.05) is 0 Å². The highest BCUT2D eigenvalue weighted by Gasteiger charge is 2.00. The first-order valence-electron chi connectivity index (χ1n) is 4.38. The second-order valence-corrected chi connectivity index (χ2v) is 2.85. The van der Waals surface area contributed by atoms with E-state index in [0.29, 0.717) is 5.75 Å². The van der Waals surface area contributed by atoms with Gasteiger partial charge in [-0.15, -0.1) is 0 Å². The Morgan fingerprint density at radius 2 is 2.29 bits per heavy atom. The summed E-state index contributed by atoms with van der Waals surface area (Å²) in [5, 5.41) is 2.46. The van der Waals surface area contributed by atoms with E-state index in [-0.39, 0.29) is 0 Å². The van der Waals surface area contributed by atoms with Gasteiger partial charge in [-0.3, -0.25) is 5.32 Å². The molecule has 14 heavy (non-hydrogen) atoms. The number of hydrogen-bond acceptors (Lipinski definition) is 2. The van der Waals surface area contributed by atoms with Crippen LogP contribution in [0.25, 0.3) is 0 Å². The lowest BCUT2D eigenvalue weighted by atomic mass is 10.2. The van der Waals surface area contributed by atoms with Gasteiger partial charge in [0.2, 0.25) is 0 Å². The molecule has 1 amide bonds. The molecule has 0 saturated heterocycles. The summed E-state index contributed by atoms with van der Waals surface area (Å²) in [6.07, 6.45) is 2.77. The maximum atomic E-state index is 11.1. The lowest BCUT2D eigenvalue weighted by Gasteiger charge is -2.03. The van der Waals surface area contributed by atoms with Crippen molar-refractivity contribution in [3.63, 3.8) is 0 Å². The van der Waals surface area contributed by atoms with Crippen molar-refractivity contribution >= 4 is 6.09 Å². The molecule has 0 aliphatic rings. The van der Waals surface area contributed by atoms with Gasteiger partial charge in [-0.1, -0.05) is 18.2 Å². The number of carbonyl (C=O) groups is 1. The van der Waals surface area contributed by atoms with E-state index in [1.165, 1.54) is 6.20 Å². The smallest absolute Gasteiger partial charge is 0.410 e. The van der Waals surface area contributed by atoms with Gasteiger partial charge in [0, 0.05) is 6.20 Å². The number of allylic oxidation sites excluding steroid dienone is 1. The van der Waals surface area contributed by atoms with E-state index in [1.54, 1.807) is 18.2 Å². The van der Waals surface area contributed by atoms with Crippen molar-refractivity contribution in [2.45, 2.75) is 13.8 Å². The minimum atomic E-state index is -0.478. The SMILES string of the molecule is CC=CNC(=O)Oc1cccc(C)c1. The highest BCUT2D eigenvalue weighted by Crippen LogP contribution is 2.12. The molecular weight excluding hydrogens is 178 g/mol. The van der Waals surface area contributed by atoms with Crippen LogP contribution in [-0.4, -0.2) is 6.09 Å². The topological polar surface area (TPSA) is 38.3 Å². The molecule has 0 unspecified atom stereocenters. The predicted octanol–water partition coefficient (Wildman–Crippen LogP) is 2.62. The Bertz CT molecular complexity index is 345. The molecule has 0 fully saturated rings. The maximum absolute atomic E-state index is 11.1. The number of ether oxygens (including phenoxy) is 1. The van der Waals surface area contributed by atoms with Crippen LogP contribution in [0.5, 0.6) is 5.75 Å². The van der Waals surface area contributed by atoms with Gasteiger partial charge in [0.05, 0.1) is 0 Å². The third-order valence-corrected chi connectivity index (χ3v) is 1.57. The average molecular weight is 191 g/mol. The van der Waals surface area contributed by atoms with Gasteiger partial charge in [-0.25, -0.2) is 4.79 Å². The molecule has 0 aliphatic heterocycles. The minimum Gasteiger partial charge on any atom is -0.410 e. The average Bonchev–Trinajstić information content (AvgIpc) is 2.15. The molecular formula is C11H13NO2. The Labute approximate surface area is 83.4 Å². The maximum Gasteiger partial charge on any atom is 0.416 e. The molecule has 0 radical (unpaired) electrons. The number of aryl methyl sites for hydroxylation is 1. The Kier molecular flexibility index (Phi) is 3.73. The van der Waals surface area contributed by atoms with E-state index >= 15 is 0 Å². The normalized spacial score (nSPS) is 10.1. The van der Waals surface area contributed by atoms with Crippen molar-refractivity contribution in [3.8, 4) is 5.75 Å². The third kappa shape index (κ3) is 3.31. The van der Waals surface area contributed by atoms with E-state index in [1.807, 2.05) is 26.0 Å². The van der Waals surface area contributed by atoms with Crippen LogP contribution in [0.3, 0.4) is 0 Å². The summed E-state index contributed by atoms with van der Waals surface area (Å²) in [7, 11) is 0. The zero-order valence-corrected chi connectivity index (χ0v) is 8.28. The quantitative estimate of drug-likeness (QED) is 0.780. The summed E-state index contributed by atoms with van der Waals surface area (Å²) < 4.78 is 5.00. The fraction of sp³-hybridized carbons (Fsp3) is 0.182. The first-order chi connectivity index (χ1) is 6.72. The molecule has 3 heteroatoms. The summed E-state index contributed by atoms with van der Waals surface area (Å²) in [6.45, 7) is 3.75. The lowest BCUT2D eigenvalue weighted by molar-refractivity contribution is 0.204. The van der Waals surface area contributed by atoms with Crippen molar-refractivity contribution in [2.24, 2.45) is 0 Å². The highest BCUT2D eigenvalue weighted by molar-refractivity contribution is 5.71. The highest BCUT2D eigenvalue weighted by atomic mass is 16.5. The molecule has 0 aliphatic carbocycles. The second kappa shape index (κ2) is 5.07. The number of rotatable bonds is 2. The van der Waals surface area contributed by atoms with Gasteiger partial charge in [-0.2, -0.15) is 0 Å². The Hall–Kier alpha value is -1.77. The van der Waals surface area contributed by atoms with Crippen LogP contribution >= 0.6 is 0 Å². The Morgan fingerprint density at radius 3 is 2.93 bits per heavy atom. The standard InChI is InChI=1S/C11H13NO2/c1-3-7-12-11(13)14-10-6-4-5-9(2)8-10/h3-8H,1-2H3,(H,12,13). The third-order valence-electron chi connectivity index (χ3n) is 1.57. The van der Waals surface area contributed by atoms with Crippen LogP contribution in [0.4, 0.5) is 4.79 Å². The summed E-state index contributed by atoms with van der Waals surface area (Å²) in [5.41, 5.74) is 1.06. The minimum absolute atomic E-state index is 0.478. The molecule has 0 spiro atoms. The summed E-state index contributed by atoms with van der Waals surface area (Å²) in [6, 6.07) is 7.32. The van der Waals surface area contributed by atoms with Gasteiger partial charge >= 0.3 is 6.09 Å². The molecule has 1 aromatic carbocycles. The summed E-state index contributed by atoms with van der Waals surface area (Å²) in [4.78, 5) is 11.1. The number of benzene rings is 1. The fourth-order valence-electron chi connectivity index (χ4n) is 0.967. The number of hydrogen-bond donors (Lipinski definition) is 1. The molecule has 74 valence electrons. The van der Waals surface area contributed by atoms with Gasteiger partial charge in [-0.05, 0) is 31.5 Å². The van der Waals surface area contributed by atoms with Crippen molar-refractivity contribution < 1.29 is 9.53 Å². The van der Waals surface area contributed by atoms with E-state index in [2.05, 4.69) is 5.32 Å². The number of carbonyl (C=O) groups excluding carboxylic acids is 1. The van der Waals surface area contributed by atoms with Gasteiger partial charge in [0.1, 0.15) is 5.75 Å². The van der Waals surface area contributed by atoms with Crippen molar-refractivity contribution in [1.82, 2.24) is 5.32 Å². The first-order valence-corrected chi connectivity index (χ1v) is 4.38. The zero-order chi connectivity index (χ0) is 10.4. The van der Waals surface area contributed by atoms with Crippen molar-refractivity contribution in [1.29, 1.82) is 0 Å². The predicted molar refractivity (Wildman–Crippen MR) is 55.2 cm³/mol. The van der Waals surface area contributed by atoms with Crippen molar-refractivity contribution in [3.05, 3.63) is 42.1 Å². The molecule has 1 aromatic rings. The van der Waals surface area contributed by atoms with Gasteiger partial charge in [0.25, 0.3) is 0 Å². The van der Waals surface area contributed by atoms with E-state index in [9.17, 15) is 4.79 Å². The summed E-state index contributed by atoms with van der Waals surface area (Å²) >= 11 is 0. The number of nitrogens with one attached hydrogen (secondary N) is 1. The van der Waals surface area contributed by atoms with Gasteiger partial charge < -0.3 is 4.74 Å². The van der Waals surface area contributed by atoms with Gasteiger partial charge in [0.15, 0.2) is 0 Å². The molecule has 0 saturated carbocycles. The zero-order valence-electron chi connectivity index (χ0n) is 8.28. The molecule has 1 rings (SSSR count). The monoisotopic (exact) mass is 191 g/mol. The largest absolute Gasteiger partial charge is 0.416 e. The van der Waals surface area contributed by atoms with Crippen LogP contribution in [-0.2, 0) is 0 Å². The van der Waals surface area contributed by atoms with Crippen LogP contribution in [0.15, 0.2) is 36.5 Å². The summed E-state index contributed by atoms with van der Waals surface area (Å²) in [5.74, 6) is 0.548. The molecule has 0 bridgehead atoms. The van der Waals surface area contributed by atoms with E-state index < -0.39 is 6.09 Å². The van der Waals surface area contributed by atoms with E-state index in [0.717, 1.165) is 5.56 Å². The first kappa shape index (κ1) is 10.3. The fourth-order valence-corrected chi connectivity index (χ4v) is 0.967.